The quantitative estimate of drug-likeness (QED) is 0.745. The normalized spacial score (nSPS) is 23.9. The van der Waals surface area contributed by atoms with Crippen LogP contribution in [0.3, 0.4) is 0 Å². The lowest BCUT2D eigenvalue weighted by molar-refractivity contribution is 0.0764. The van der Waals surface area contributed by atoms with E-state index >= 15 is 0 Å². The Labute approximate surface area is 103 Å². The monoisotopic (exact) mass is 232 g/mol. The average molecular weight is 232 g/mol. The summed E-state index contributed by atoms with van der Waals surface area (Å²) in [7, 11) is 0. The number of rotatable bonds is 4. The first-order valence-corrected chi connectivity index (χ1v) is 6.47. The summed E-state index contributed by atoms with van der Waals surface area (Å²) >= 11 is 0. The summed E-state index contributed by atoms with van der Waals surface area (Å²) in [6.45, 7) is 4.86. The fraction of sp³-hybridized carbons (Fsp3) is 0.533. The van der Waals surface area contributed by atoms with E-state index in [1.165, 1.54) is 5.56 Å². The Morgan fingerprint density at radius 2 is 2.06 bits per heavy atom. The highest BCUT2D eigenvalue weighted by Crippen LogP contribution is 2.24. The molecule has 1 aromatic carbocycles. The van der Waals surface area contributed by atoms with Crippen LogP contribution in [0.2, 0.25) is 0 Å². The predicted molar refractivity (Wildman–Crippen MR) is 68.3 cm³/mol. The molecule has 0 radical (unpaired) electrons. The highest BCUT2D eigenvalue weighted by atomic mass is 16.5. The minimum absolute atomic E-state index is 0.0482. The summed E-state index contributed by atoms with van der Waals surface area (Å²) in [6, 6.07) is 8.05. The van der Waals surface area contributed by atoms with Gasteiger partial charge in [-0.15, -0.1) is 0 Å². The van der Waals surface area contributed by atoms with Crippen molar-refractivity contribution in [1.29, 1.82) is 0 Å². The average Bonchev–Trinajstić information content (AvgIpc) is 2.76. The Bertz CT molecular complexity index is 380. The molecule has 2 rings (SSSR count). The van der Waals surface area contributed by atoms with Crippen LogP contribution in [-0.4, -0.2) is 18.5 Å². The van der Waals surface area contributed by atoms with Crippen molar-refractivity contribution in [3.8, 4) is 0 Å². The highest BCUT2D eigenvalue weighted by Gasteiger charge is 2.31. The molecule has 0 saturated carbocycles. The maximum atomic E-state index is 12.2. The minimum atomic E-state index is 0.0482. The molecule has 17 heavy (non-hydrogen) atoms. The topological polar surface area (TPSA) is 26.3 Å². The maximum Gasteiger partial charge on any atom is 0.168 e. The molecule has 1 heterocycles. The van der Waals surface area contributed by atoms with E-state index in [1.54, 1.807) is 0 Å². The Morgan fingerprint density at radius 3 is 2.59 bits per heavy atom. The van der Waals surface area contributed by atoms with Crippen molar-refractivity contribution >= 4 is 5.78 Å². The second kappa shape index (κ2) is 5.46. The number of Topliss-reactive ketones (excluding diaryl/α,β-unsaturated/α-hetero) is 1. The second-order valence-electron chi connectivity index (χ2n) is 4.78. The van der Waals surface area contributed by atoms with Gasteiger partial charge < -0.3 is 4.74 Å². The number of benzene rings is 1. The lowest BCUT2D eigenvalue weighted by Gasteiger charge is -2.12. The van der Waals surface area contributed by atoms with Crippen LogP contribution in [0.4, 0.5) is 0 Å². The van der Waals surface area contributed by atoms with Crippen LogP contribution < -0.4 is 0 Å². The van der Waals surface area contributed by atoms with Gasteiger partial charge in [-0.1, -0.05) is 37.6 Å². The number of aryl methyl sites for hydroxylation is 1. The number of hydrogen-bond donors (Lipinski definition) is 0. The van der Waals surface area contributed by atoms with E-state index in [0.717, 1.165) is 24.8 Å². The lowest BCUT2D eigenvalue weighted by atomic mass is 9.92. The van der Waals surface area contributed by atoms with Crippen LogP contribution in [-0.2, 0) is 11.2 Å². The van der Waals surface area contributed by atoms with E-state index in [-0.39, 0.29) is 17.8 Å². The molecular weight excluding hydrogens is 212 g/mol. The molecule has 0 bridgehead atoms. The largest absolute Gasteiger partial charge is 0.378 e. The van der Waals surface area contributed by atoms with Crippen LogP contribution in [0.1, 0.15) is 42.6 Å². The molecule has 2 nitrogen and oxygen atoms in total. The van der Waals surface area contributed by atoms with Gasteiger partial charge in [-0.3, -0.25) is 4.79 Å². The summed E-state index contributed by atoms with van der Waals surface area (Å²) < 4.78 is 5.45. The van der Waals surface area contributed by atoms with E-state index in [4.69, 9.17) is 4.74 Å². The Kier molecular flexibility index (Phi) is 3.95. The van der Waals surface area contributed by atoms with E-state index < -0.39 is 0 Å². The van der Waals surface area contributed by atoms with Crippen LogP contribution in [0, 0.1) is 5.92 Å². The molecule has 0 spiro atoms. The second-order valence-corrected chi connectivity index (χ2v) is 4.78. The molecule has 1 aromatic rings. The molecule has 0 amide bonds. The number of carbonyl (C=O) groups is 1. The molecule has 2 unspecified atom stereocenters. The summed E-state index contributed by atoms with van der Waals surface area (Å²) in [6.07, 6.45) is 3.15. The summed E-state index contributed by atoms with van der Waals surface area (Å²) in [4.78, 5) is 12.2. The Morgan fingerprint density at radius 1 is 1.35 bits per heavy atom. The zero-order valence-electron chi connectivity index (χ0n) is 10.6. The molecule has 1 saturated heterocycles. The van der Waals surface area contributed by atoms with Gasteiger partial charge in [-0.25, -0.2) is 0 Å². The van der Waals surface area contributed by atoms with Crippen molar-refractivity contribution in [1.82, 2.24) is 0 Å². The fourth-order valence-corrected chi connectivity index (χ4v) is 2.41. The molecule has 1 fully saturated rings. The smallest absolute Gasteiger partial charge is 0.168 e. The van der Waals surface area contributed by atoms with E-state index in [9.17, 15) is 4.79 Å². The van der Waals surface area contributed by atoms with Gasteiger partial charge in [0.05, 0.1) is 12.0 Å². The van der Waals surface area contributed by atoms with E-state index in [1.807, 2.05) is 19.1 Å². The highest BCUT2D eigenvalue weighted by molar-refractivity contribution is 5.98. The van der Waals surface area contributed by atoms with Gasteiger partial charge in [0.25, 0.3) is 0 Å². The van der Waals surface area contributed by atoms with Crippen molar-refractivity contribution < 1.29 is 9.53 Å². The first-order valence-electron chi connectivity index (χ1n) is 6.47. The predicted octanol–water partition coefficient (Wildman–Crippen LogP) is 3.25. The van der Waals surface area contributed by atoms with Crippen molar-refractivity contribution in [2.45, 2.75) is 39.2 Å². The maximum absolute atomic E-state index is 12.2. The van der Waals surface area contributed by atoms with Crippen LogP contribution in [0.5, 0.6) is 0 Å². The first kappa shape index (κ1) is 12.3. The third kappa shape index (κ3) is 2.75. The number of carbonyl (C=O) groups excluding carboxylic acids is 1. The molecule has 0 aromatic heterocycles. The van der Waals surface area contributed by atoms with E-state index in [2.05, 4.69) is 19.1 Å². The van der Waals surface area contributed by atoms with Gasteiger partial charge in [0.2, 0.25) is 0 Å². The third-order valence-electron chi connectivity index (χ3n) is 3.49. The molecule has 0 N–H and O–H groups in total. The number of ether oxygens (including phenoxy) is 1. The first-order chi connectivity index (χ1) is 8.22. The molecule has 92 valence electrons. The summed E-state index contributed by atoms with van der Waals surface area (Å²) in [5.41, 5.74) is 2.13. The molecule has 2 heteroatoms. The minimum Gasteiger partial charge on any atom is -0.378 e. The van der Waals surface area contributed by atoms with Crippen molar-refractivity contribution in [3.05, 3.63) is 35.4 Å². The molecule has 2 atom stereocenters. The van der Waals surface area contributed by atoms with Crippen molar-refractivity contribution in [3.63, 3.8) is 0 Å². The standard InChI is InChI=1S/C15H20O2/c1-3-4-12-5-7-13(8-6-12)15(16)14-9-10-17-11(14)2/h5-8,11,14H,3-4,9-10H2,1-2H3. The van der Waals surface area contributed by atoms with Crippen molar-refractivity contribution in [2.75, 3.05) is 6.61 Å². The SMILES string of the molecule is CCCc1ccc(C(=O)C2CCOC2C)cc1. The molecule has 0 aliphatic carbocycles. The molecule has 1 aliphatic heterocycles. The van der Waals surface area contributed by atoms with Gasteiger partial charge in [0.15, 0.2) is 5.78 Å². The van der Waals surface area contributed by atoms with Crippen molar-refractivity contribution in [2.24, 2.45) is 5.92 Å². The summed E-state index contributed by atoms with van der Waals surface area (Å²) in [5, 5.41) is 0. The fourth-order valence-electron chi connectivity index (χ4n) is 2.41. The van der Waals surface area contributed by atoms with Crippen LogP contribution >= 0.6 is 0 Å². The third-order valence-corrected chi connectivity index (χ3v) is 3.49. The van der Waals surface area contributed by atoms with Gasteiger partial charge in [0, 0.05) is 12.2 Å². The lowest BCUT2D eigenvalue weighted by Crippen LogP contribution is -2.21. The number of ketones is 1. The zero-order chi connectivity index (χ0) is 12.3. The Balaban J connectivity index is 2.08. The number of hydrogen-bond acceptors (Lipinski definition) is 2. The van der Waals surface area contributed by atoms with Gasteiger partial charge in [0.1, 0.15) is 0 Å². The van der Waals surface area contributed by atoms with Crippen LogP contribution in [0.25, 0.3) is 0 Å². The summed E-state index contributed by atoms with van der Waals surface area (Å²) in [5.74, 6) is 0.282. The van der Waals surface area contributed by atoms with Crippen LogP contribution in [0.15, 0.2) is 24.3 Å². The van der Waals surface area contributed by atoms with E-state index in [0.29, 0.717) is 6.61 Å². The zero-order valence-corrected chi connectivity index (χ0v) is 10.6. The molecular formula is C15H20O2. The van der Waals surface area contributed by atoms with Gasteiger partial charge in [-0.05, 0) is 25.3 Å². The Hall–Kier alpha value is -1.15. The molecule has 1 aliphatic rings. The van der Waals surface area contributed by atoms with Gasteiger partial charge >= 0.3 is 0 Å². The van der Waals surface area contributed by atoms with Gasteiger partial charge in [-0.2, -0.15) is 0 Å².